The fourth-order valence-corrected chi connectivity index (χ4v) is 3.13. The van der Waals surface area contributed by atoms with Crippen LogP contribution in [-0.4, -0.2) is 31.1 Å². The van der Waals surface area contributed by atoms with Crippen molar-refractivity contribution in [3.63, 3.8) is 0 Å². The molecule has 0 radical (unpaired) electrons. The number of hydrogen-bond donors (Lipinski definition) is 2. The number of rotatable bonds is 6. The Bertz CT molecular complexity index is 830. The second-order valence-corrected chi connectivity index (χ2v) is 7.01. The predicted molar refractivity (Wildman–Crippen MR) is 106 cm³/mol. The summed E-state index contributed by atoms with van der Waals surface area (Å²) in [6.45, 7) is 2.93. The van der Waals surface area contributed by atoms with Crippen LogP contribution in [-0.2, 0) is 16.0 Å². The van der Waals surface area contributed by atoms with Gasteiger partial charge in [0.25, 0.3) is 11.8 Å². The minimum absolute atomic E-state index is 0.170. The standard InChI is InChI=1S/C22H25FN2O3/c1-15-5-8-17(14-19(15)25-22(27)20-4-2-3-13-28-20)21(26)24-12-11-16-6-9-18(23)10-7-16/h5-10,14,20H,2-4,11-13H2,1H3,(H,24,26)(H,25,27). The lowest BCUT2D eigenvalue weighted by Gasteiger charge is -2.22. The molecule has 1 atom stereocenters. The van der Waals surface area contributed by atoms with Crippen molar-refractivity contribution in [1.82, 2.24) is 5.32 Å². The SMILES string of the molecule is Cc1ccc(C(=O)NCCc2ccc(F)cc2)cc1NC(=O)C1CCCCO1. The number of amides is 2. The number of anilines is 1. The van der Waals surface area contributed by atoms with Gasteiger partial charge < -0.3 is 15.4 Å². The minimum atomic E-state index is -0.429. The van der Waals surface area contributed by atoms with Crippen molar-refractivity contribution in [2.75, 3.05) is 18.5 Å². The Hall–Kier alpha value is -2.73. The number of ether oxygens (including phenoxy) is 1. The molecule has 28 heavy (non-hydrogen) atoms. The molecule has 3 rings (SSSR count). The van der Waals surface area contributed by atoms with E-state index in [1.807, 2.05) is 13.0 Å². The van der Waals surface area contributed by atoms with E-state index in [1.54, 1.807) is 24.3 Å². The summed E-state index contributed by atoms with van der Waals surface area (Å²) in [4.78, 5) is 24.8. The molecule has 1 fully saturated rings. The Morgan fingerprint density at radius 2 is 1.93 bits per heavy atom. The summed E-state index contributed by atoms with van der Waals surface area (Å²) in [5.74, 6) is -0.663. The smallest absolute Gasteiger partial charge is 0.253 e. The van der Waals surface area contributed by atoms with E-state index in [0.717, 1.165) is 24.0 Å². The largest absolute Gasteiger partial charge is 0.368 e. The Labute approximate surface area is 164 Å². The summed E-state index contributed by atoms with van der Waals surface area (Å²) in [7, 11) is 0. The van der Waals surface area contributed by atoms with Crippen LogP contribution < -0.4 is 10.6 Å². The summed E-state index contributed by atoms with van der Waals surface area (Å²) in [6, 6.07) is 11.4. The maximum Gasteiger partial charge on any atom is 0.253 e. The Morgan fingerprint density at radius 3 is 2.64 bits per heavy atom. The van der Waals surface area contributed by atoms with Crippen LogP contribution in [0.25, 0.3) is 0 Å². The van der Waals surface area contributed by atoms with Crippen molar-refractivity contribution in [2.45, 2.75) is 38.7 Å². The van der Waals surface area contributed by atoms with Crippen LogP contribution in [0.5, 0.6) is 0 Å². The van der Waals surface area contributed by atoms with Crippen molar-refractivity contribution in [3.05, 3.63) is 65.0 Å². The molecule has 1 heterocycles. The van der Waals surface area contributed by atoms with Gasteiger partial charge in [0, 0.05) is 24.4 Å². The molecule has 1 saturated heterocycles. The average molecular weight is 384 g/mol. The fourth-order valence-electron chi connectivity index (χ4n) is 3.13. The van der Waals surface area contributed by atoms with Crippen LogP contribution in [0.4, 0.5) is 10.1 Å². The second kappa shape index (κ2) is 9.46. The Kier molecular flexibility index (Phi) is 6.76. The third kappa shape index (κ3) is 5.39. The zero-order chi connectivity index (χ0) is 19.9. The summed E-state index contributed by atoms with van der Waals surface area (Å²) < 4.78 is 18.4. The molecule has 0 bridgehead atoms. The van der Waals surface area contributed by atoms with E-state index in [1.165, 1.54) is 12.1 Å². The summed E-state index contributed by atoms with van der Waals surface area (Å²) in [6.07, 6.45) is 2.86. The van der Waals surface area contributed by atoms with Crippen molar-refractivity contribution in [3.8, 4) is 0 Å². The first-order valence-electron chi connectivity index (χ1n) is 9.59. The van der Waals surface area contributed by atoms with Crippen LogP contribution in [0, 0.1) is 12.7 Å². The highest BCUT2D eigenvalue weighted by Crippen LogP contribution is 2.20. The van der Waals surface area contributed by atoms with Gasteiger partial charge in [-0.1, -0.05) is 18.2 Å². The molecule has 2 amide bonds. The van der Waals surface area contributed by atoms with Gasteiger partial charge in [-0.15, -0.1) is 0 Å². The maximum absolute atomic E-state index is 12.9. The fraction of sp³-hybridized carbons (Fsp3) is 0.364. The second-order valence-electron chi connectivity index (χ2n) is 7.01. The van der Waals surface area contributed by atoms with Crippen LogP contribution in [0.15, 0.2) is 42.5 Å². The van der Waals surface area contributed by atoms with E-state index in [2.05, 4.69) is 10.6 Å². The number of benzene rings is 2. The molecule has 2 aromatic carbocycles. The van der Waals surface area contributed by atoms with Crippen molar-refractivity contribution >= 4 is 17.5 Å². The molecular formula is C22H25FN2O3. The van der Waals surface area contributed by atoms with Crippen molar-refractivity contribution in [2.24, 2.45) is 0 Å². The molecule has 0 spiro atoms. The van der Waals surface area contributed by atoms with E-state index in [9.17, 15) is 14.0 Å². The van der Waals surface area contributed by atoms with Gasteiger partial charge in [-0.3, -0.25) is 9.59 Å². The molecule has 2 N–H and O–H groups in total. The molecular weight excluding hydrogens is 359 g/mol. The third-order valence-corrected chi connectivity index (χ3v) is 4.84. The van der Waals surface area contributed by atoms with Gasteiger partial charge in [0.1, 0.15) is 11.9 Å². The number of carbonyl (C=O) groups is 2. The highest BCUT2D eigenvalue weighted by molar-refractivity contribution is 5.98. The molecule has 1 aliphatic rings. The van der Waals surface area contributed by atoms with Gasteiger partial charge in [-0.2, -0.15) is 0 Å². The van der Waals surface area contributed by atoms with Gasteiger partial charge in [0.15, 0.2) is 0 Å². The van der Waals surface area contributed by atoms with Crippen molar-refractivity contribution in [1.29, 1.82) is 0 Å². The number of hydrogen-bond acceptors (Lipinski definition) is 3. The first-order valence-corrected chi connectivity index (χ1v) is 9.59. The highest BCUT2D eigenvalue weighted by Gasteiger charge is 2.22. The van der Waals surface area contributed by atoms with Crippen LogP contribution in [0.2, 0.25) is 0 Å². The molecule has 6 heteroatoms. The normalized spacial score (nSPS) is 16.4. The predicted octanol–water partition coefficient (Wildman–Crippen LogP) is 3.61. The molecule has 2 aromatic rings. The van der Waals surface area contributed by atoms with E-state index >= 15 is 0 Å². The first kappa shape index (κ1) is 20.0. The molecule has 1 unspecified atom stereocenters. The Morgan fingerprint density at radius 1 is 1.14 bits per heavy atom. The number of halogens is 1. The van der Waals surface area contributed by atoms with Crippen molar-refractivity contribution < 1.29 is 18.7 Å². The van der Waals surface area contributed by atoms with E-state index in [0.29, 0.717) is 37.2 Å². The van der Waals surface area contributed by atoms with E-state index in [4.69, 9.17) is 4.74 Å². The molecule has 1 aliphatic heterocycles. The molecule has 5 nitrogen and oxygen atoms in total. The lowest BCUT2D eigenvalue weighted by Crippen LogP contribution is -2.33. The third-order valence-electron chi connectivity index (χ3n) is 4.84. The van der Waals surface area contributed by atoms with Gasteiger partial charge in [0.05, 0.1) is 0 Å². The average Bonchev–Trinajstić information content (AvgIpc) is 2.71. The van der Waals surface area contributed by atoms with Crippen LogP contribution >= 0.6 is 0 Å². The minimum Gasteiger partial charge on any atom is -0.368 e. The van der Waals surface area contributed by atoms with Crippen LogP contribution in [0.1, 0.15) is 40.7 Å². The summed E-state index contributed by atoms with van der Waals surface area (Å²) >= 11 is 0. The van der Waals surface area contributed by atoms with Gasteiger partial charge in [0.2, 0.25) is 0 Å². The van der Waals surface area contributed by atoms with Crippen LogP contribution in [0.3, 0.4) is 0 Å². The molecule has 0 saturated carbocycles. The molecule has 148 valence electrons. The number of carbonyl (C=O) groups excluding carboxylic acids is 2. The number of nitrogens with one attached hydrogen (secondary N) is 2. The Balaban J connectivity index is 1.57. The maximum atomic E-state index is 12.9. The van der Waals surface area contributed by atoms with E-state index in [-0.39, 0.29) is 17.6 Å². The molecule has 0 aromatic heterocycles. The van der Waals surface area contributed by atoms with E-state index < -0.39 is 6.10 Å². The lowest BCUT2D eigenvalue weighted by molar-refractivity contribution is -0.129. The highest BCUT2D eigenvalue weighted by atomic mass is 19.1. The molecule has 0 aliphatic carbocycles. The summed E-state index contributed by atoms with van der Waals surface area (Å²) in [5, 5.41) is 5.74. The lowest BCUT2D eigenvalue weighted by atomic mass is 10.1. The zero-order valence-corrected chi connectivity index (χ0v) is 16.0. The monoisotopic (exact) mass is 384 g/mol. The zero-order valence-electron chi connectivity index (χ0n) is 16.0. The topological polar surface area (TPSA) is 67.4 Å². The van der Waals surface area contributed by atoms with Gasteiger partial charge >= 0.3 is 0 Å². The quantitative estimate of drug-likeness (QED) is 0.799. The van der Waals surface area contributed by atoms with Gasteiger partial charge in [-0.05, 0) is 68.0 Å². The number of aryl methyl sites for hydroxylation is 1. The first-order chi connectivity index (χ1) is 13.5. The summed E-state index contributed by atoms with van der Waals surface area (Å²) in [5.41, 5.74) is 2.92. The van der Waals surface area contributed by atoms with Gasteiger partial charge in [-0.25, -0.2) is 4.39 Å².